The number of rotatable bonds is 3. The number of β-amino-alcohol motifs (C(OH)–C–C–N with tert-alkyl or cyclic N) is 1. The number of fused-ring (bicyclic) bond motifs is 2. The minimum absolute atomic E-state index is 0.148. The predicted molar refractivity (Wildman–Crippen MR) is 84.6 cm³/mol. The van der Waals surface area contributed by atoms with E-state index in [9.17, 15) is 9.90 Å². The Labute approximate surface area is 138 Å². The average Bonchev–Trinajstić information content (AvgIpc) is 2.84. The Morgan fingerprint density at radius 1 is 1.68 bits per heavy atom. The molecule has 1 aromatic heterocycles. The summed E-state index contributed by atoms with van der Waals surface area (Å²) in [7, 11) is 0. The van der Waals surface area contributed by atoms with Gasteiger partial charge in [-0.1, -0.05) is 11.6 Å². The summed E-state index contributed by atoms with van der Waals surface area (Å²) in [4.78, 5) is 14.1. The SMILES string of the molecule is C[C@H]1C[C@@]2(CCN1CC(O)C(=O)O)OCCc1cc(Cl)sc12. The Hall–Kier alpha value is -0.660. The molecule has 7 heteroatoms. The molecule has 1 spiro atoms. The molecule has 1 aromatic rings. The summed E-state index contributed by atoms with van der Waals surface area (Å²) in [6.07, 6.45) is 1.16. The molecule has 1 unspecified atom stereocenters. The van der Waals surface area contributed by atoms with Crippen molar-refractivity contribution in [2.24, 2.45) is 0 Å². The molecule has 122 valence electrons. The van der Waals surface area contributed by atoms with E-state index >= 15 is 0 Å². The van der Waals surface area contributed by atoms with Gasteiger partial charge in [0.15, 0.2) is 6.10 Å². The smallest absolute Gasteiger partial charge is 0.333 e. The molecule has 3 heterocycles. The highest BCUT2D eigenvalue weighted by atomic mass is 35.5. The number of aliphatic carboxylic acids is 1. The van der Waals surface area contributed by atoms with Crippen LogP contribution in [0.5, 0.6) is 0 Å². The molecular formula is C15H20ClNO4S. The number of aliphatic hydroxyl groups excluding tert-OH is 1. The summed E-state index contributed by atoms with van der Waals surface area (Å²) >= 11 is 7.77. The zero-order valence-electron chi connectivity index (χ0n) is 12.4. The number of hydrogen-bond acceptors (Lipinski definition) is 5. The van der Waals surface area contributed by atoms with Gasteiger partial charge in [-0.05, 0) is 37.8 Å². The summed E-state index contributed by atoms with van der Waals surface area (Å²) in [5, 5.41) is 18.4. The molecule has 0 radical (unpaired) electrons. The first-order chi connectivity index (χ1) is 10.4. The number of hydrogen-bond donors (Lipinski definition) is 2. The summed E-state index contributed by atoms with van der Waals surface area (Å²) in [6.45, 7) is 3.62. The second kappa shape index (κ2) is 6.09. The van der Waals surface area contributed by atoms with Crippen molar-refractivity contribution in [2.45, 2.75) is 43.9 Å². The van der Waals surface area contributed by atoms with Gasteiger partial charge in [0.05, 0.1) is 10.9 Å². The van der Waals surface area contributed by atoms with E-state index < -0.39 is 12.1 Å². The number of carboxylic acid groups (broad SMARTS) is 1. The summed E-state index contributed by atoms with van der Waals surface area (Å²) in [6, 6.07) is 2.19. The molecule has 3 atom stereocenters. The number of carboxylic acids is 1. The lowest BCUT2D eigenvalue weighted by Gasteiger charge is -2.47. The van der Waals surface area contributed by atoms with E-state index in [1.165, 1.54) is 10.4 Å². The van der Waals surface area contributed by atoms with E-state index in [1.807, 2.05) is 11.0 Å². The van der Waals surface area contributed by atoms with Gasteiger partial charge in [0.1, 0.15) is 5.60 Å². The zero-order valence-corrected chi connectivity index (χ0v) is 14.0. The Bertz CT molecular complexity index is 578. The van der Waals surface area contributed by atoms with Gasteiger partial charge in [-0.15, -0.1) is 11.3 Å². The van der Waals surface area contributed by atoms with Gasteiger partial charge in [-0.25, -0.2) is 4.79 Å². The van der Waals surface area contributed by atoms with Crippen LogP contribution in [0.1, 0.15) is 30.2 Å². The number of halogens is 1. The lowest BCUT2D eigenvalue weighted by atomic mass is 9.82. The van der Waals surface area contributed by atoms with Crippen molar-refractivity contribution in [2.75, 3.05) is 19.7 Å². The average molecular weight is 346 g/mol. The fraction of sp³-hybridized carbons (Fsp3) is 0.667. The van der Waals surface area contributed by atoms with Crippen LogP contribution in [0, 0.1) is 0 Å². The maximum atomic E-state index is 10.8. The van der Waals surface area contributed by atoms with E-state index in [2.05, 4.69) is 6.92 Å². The Morgan fingerprint density at radius 2 is 2.45 bits per heavy atom. The van der Waals surface area contributed by atoms with Gasteiger partial charge in [0.25, 0.3) is 0 Å². The molecular weight excluding hydrogens is 326 g/mol. The molecule has 1 fully saturated rings. The van der Waals surface area contributed by atoms with E-state index in [4.69, 9.17) is 21.4 Å². The molecule has 0 aromatic carbocycles. The van der Waals surface area contributed by atoms with E-state index in [-0.39, 0.29) is 18.2 Å². The molecule has 2 aliphatic heterocycles. The third-order valence-electron chi connectivity index (χ3n) is 4.69. The highest BCUT2D eigenvalue weighted by Gasteiger charge is 2.45. The molecule has 0 saturated carbocycles. The van der Waals surface area contributed by atoms with Gasteiger partial charge >= 0.3 is 5.97 Å². The first kappa shape index (κ1) is 16.2. The lowest BCUT2D eigenvalue weighted by Crippen LogP contribution is -2.52. The Balaban J connectivity index is 1.76. The number of carbonyl (C=O) groups is 1. The van der Waals surface area contributed by atoms with Gasteiger partial charge in [-0.2, -0.15) is 0 Å². The van der Waals surface area contributed by atoms with Gasteiger partial charge in [0, 0.05) is 24.0 Å². The van der Waals surface area contributed by atoms with Crippen molar-refractivity contribution in [1.82, 2.24) is 4.90 Å². The largest absolute Gasteiger partial charge is 0.479 e. The minimum atomic E-state index is -1.34. The number of piperidine rings is 1. The van der Waals surface area contributed by atoms with Crippen molar-refractivity contribution in [3.05, 3.63) is 20.8 Å². The van der Waals surface area contributed by atoms with Gasteiger partial charge in [-0.3, -0.25) is 4.90 Å². The summed E-state index contributed by atoms with van der Waals surface area (Å²) in [5.74, 6) is -1.17. The van der Waals surface area contributed by atoms with Crippen LogP contribution < -0.4 is 0 Å². The second-order valence-corrected chi connectivity index (χ2v) is 7.83. The van der Waals surface area contributed by atoms with Crippen molar-refractivity contribution in [3.63, 3.8) is 0 Å². The Kier molecular flexibility index (Phi) is 4.49. The molecule has 0 bridgehead atoms. The highest BCUT2D eigenvalue weighted by Crippen LogP contribution is 2.47. The first-order valence-electron chi connectivity index (χ1n) is 7.49. The molecule has 0 aliphatic carbocycles. The molecule has 1 saturated heterocycles. The van der Waals surface area contributed by atoms with Crippen molar-refractivity contribution < 1.29 is 19.7 Å². The van der Waals surface area contributed by atoms with Crippen LogP contribution in [0.4, 0.5) is 0 Å². The van der Waals surface area contributed by atoms with Crippen LogP contribution in [0.3, 0.4) is 0 Å². The van der Waals surface area contributed by atoms with E-state index in [0.717, 1.165) is 23.6 Å². The van der Waals surface area contributed by atoms with Crippen LogP contribution in [-0.2, 0) is 21.6 Å². The van der Waals surface area contributed by atoms with Crippen LogP contribution in [0.25, 0.3) is 0 Å². The van der Waals surface area contributed by atoms with Crippen molar-refractivity contribution >= 4 is 28.9 Å². The van der Waals surface area contributed by atoms with E-state index in [1.54, 1.807) is 11.3 Å². The van der Waals surface area contributed by atoms with Crippen molar-refractivity contribution in [1.29, 1.82) is 0 Å². The lowest BCUT2D eigenvalue weighted by molar-refractivity contribution is -0.150. The van der Waals surface area contributed by atoms with Crippen molar-refractivity contribution in [3.8, 4) is 0 Å². The number of aliphatic hydroxyl groups is 1. The van der Waals surface area contributed by atoms with Crippen LogP contribution in [0.15, 0.2) is 6.07 Å². The monoisotopic (exact) mass is 345 g/mol. The third-order valence-corrected chi connectivity index (χ3v) is 6.18. The molecule has 0 amide bonds. The second-order valence-electron chi connectivity index (χ2n) is 6.15. The molecule has 5 nitrogen and oxygen atoms in total. The van der Waals surface area contributed by atoms with Crippen LogP contribution in [0.2, 0.25) is 4.34 Å². The molecule has 22 heavy (non-hydrogen) atoms. The molecule has 2 N–H and O–H groups in total. The van der Waals surface area contributed by atoms with Gasteiger partial charge < -0.3 is 14.9 Å². The summed E-state index contributed by atoms with van der Waals surface area (Å²) in [5.41, 5.74) is 0.989. The minimum Gasteiger partial charge on any atom is -0.479 e. The summed E-state index contributed by atoms with van der Waals surface area (Å²) < 4.78 is 6.96. The number of thiophene rings is 1. The first-order valence-corrected chi connectivity index (χ1v) is 8.68. The topological polar surface area (TPSA) is 70.0 Å². The molecule has 2 aliphatic rings. The maximum absolute atomic E-state index is 10.8. The fourth-order valence-electron chi connectivity index (χ4n) is 3.55. The third kappa shape index (κ3) is 2.90. The van der Waals surface area contributed by atoms with Crippen LogP contribution >= 0.6 is 22.9 Å². The zero-order chi connectivity index (χ0) is 15.9. The molecule has 3 rings (SSSR count). The highest BCUT2D eigenvalue weighted by molar-refractivity contribution is 7.16. The Morgan fingerprint density at radius 3 is 3.14 bits per heavy atom. The van der Waals surface area contributed by atoms with E-state index in [0.29, 0.717) is 13.2 Å². The number of nitrogens with zero attached hydrogens (tertiary/aromatic N) is 1. The normalized spacial score (nSPS) is 30.2. The predicted octanol–water partition coefficient (Wildman–Crippen LogP) is 2.10. The van der Waals surface area contributed by atoms with Crippen LogP contribution in [-0.4, -0.2) is 52.9 Å². The standard InChI is InChI=1S/C15H20ClNO4S/c1-9-7-15(3-4-17(9)8-11(18)14(19)20)13-10(2-5-21-15)6-12(16)22-13/h6,9,11,18H,2-5,7-8H2,1H3,(H,19,20)/t9-,11?,15+/m0/s1. The number of ether oxygens (including phenoxy) is 1. The number of likely N-dealkylation sites (tertiary alicyclic amines) is 1. The fourth-order valence-corrected chi connectivity index (χ4v) is 5.03. The maximum Gasteiger partial charge on any atom is 0.333 e. The van der Waals surface area contributed by atoms with Gasteiger partial charge in [0.2, 0.25) is 0 Å². The quantitative estimate of drug-likeness (QED) is 0.878.